The molecule has 0 bridgehead atoms. The van der Waals surface area contributed by atoms with Crippen molar-refractivity contribution in [2.45, 2.75) is 26.5 Å². The van der Waals surface area contributed by atoms with Gasteiger partial charge in [-0.05, 0) is 18.1 Å². The Kier molecular flexibility index (Phi) is 7.83. The molecule has 8 heteroatoms. The van der Waals surface area contributed by atoms with Gasteiger partial charge in [0.1, 0.15) is 29.2 Å². The van der Waals surface area contributed by atoms with Crippen LogP contribution in [0.1, 0.15) is 29.9 Å². The zero-order chi connectivity index (χ0) is 23.1. The van der Waals surface area contributed by atoms with Crippen LogP contribution in [0.5, 0.6) is 11.5 Å². The molecule has 2 aromatic carbocycles. The first-order chi connectivity index (χ1) is 15.4. The van der Waals surface area contributed by atoms with Crippen LogP contribution < -0.4 is 14.8 Å². The maximum absolute atomic E-state index is 12.8. The summed E-state index contributed by atoms with van der Waals surface area (Å²) in [7, 11) is 3.01. The fourth-order valence-corrected chi connectivity index (χ4v) is 3.79. The fraction of sp³-hybridized carbons (Fsp3) is 0.292. The van der Waals surface area contributed by atoms with Gasteiger partial charge in [-0.25, -0.2) is 9.78 Å². The van der Waals surface area contributed by atoms with Crippen molar-refractivity contribution in [3.8, 4) is 22.1 Å². The van der Waals surface area contributed by atoms with E-state index in [2.05, 4.69) is 10.3 Å². The molecule has 3 rings (SSSR count). The fourth-order valence-electron chi connectivity index (χ4n) is 2.98. The molecule has 3 aromatic rings. The van der Waals surface area contributed by atoms with Gasteiger partial charge in [0.25, 0.3) is 5.91 Å². The predicted octanol–water partition coefficient (Wildman–Crippen LogP) is 4.33. The van der Waals surface area contributed by atoms with Gasteiger partial charge >= 0.3 is 5.97 Å². The number of rotatable bonds is 9. The summed E-state index contributed by atoms with van der Waals surface area (Å²) < 4.78 is 15.9. The van der Waals surface area contributed by atoms with Crippen molar-refractivity contribution < 1.29 is 23.8 Å². The molecule has 0 unspecified atom stereocenters. The van der Waals surface area contributed by atoms with Gasteiger partial charge in [-0.1, -0.05) is 44.2 Å². The van der Waals surface area contributed by atoms with Crippen molar-refractivity contribution in [3.63, 3.8) is 0 Å². The van der Waals surface area contributed by atoms with Crippen LogP contribution in [0.15, 0.2) is 53.9 Å². The van der Waals surface area contributed by atoms with Crippen LogP contribution in [-0.4, -0.2) is 37.1 Å². The van der Waals surface area contributed by atoms with Gasteiger partial charge in [-0.15, -0.1) is 11.3 Å². The first-order valence-electron chi connectivity index (χ1n) is 10.1. The number of nitrogens with zero attached hydrogens (tertiary/aromatic N) is 1. The predicted molar refractivity (Wildman–Crippen MR) is 123 cm³/mol. The van der Waals surface area contributed by atoms with E-state index in [1.807, 2.05) is 49.6 Å². The van der Waals surface area contributed by atoms with Crippen molar-refractivity contribution in [2.75, 3.05) is 14.2 Å². The maximum Gasteiger partial charge on any atom is 0.329 e. The largest absolute Gasteiger partial charge is 0.497 e. The van der Waals surface area contributed by atoms with Crippen LogP contribution in [0.2, 0.25) is 0 Å². The lowest BCUT2D eigenvalue weighted by molar-refractivity contribution is -0.148. The summed E-state index contributed by atoms with van der Waals surface area (Å²) in [4.78, 5) is 30.1. The van der Waals surface area contributed by atoms with Crippen LogP contribution >= 0.6 is 11.3 Å². The second-order valence-electron chi connectivity index (χ2n) is 7.41. The van der Waals surface area contributed by atoms with Crippen LogP contribution in [0.3, 0.4) is 0 Å². The van der Waals surface area contributed by atoms with E-state index in [0.717, 1.165) is 10.6 Å². The Labute approximate surface area is 191 Å². The van der Waals surface area contributed by atoms with Crippen molar-refractivity contribution in [3.05, 3.63) is 65.2 Å². The smallest absolute Gasteiger partial charge is 0.329 e. The number of amides is 1. The van der Waals surface area contributed by atoms with Gasteiger partial charge in [-0.3, -0.25) is 4.79 Å². The molecule has 1 atom stereocenters. The third-order valence-corrected chi connectivity index (χ3v) is 5.70. The highest BCUT2D eigenvalue weighted by atomic mass is 32.1. The molecular weight excluding hydrogens is 428 g/mol. The van der Waals surface area contributed by atoms with Crippen LogP contribution in [0.25, 0.3) is 10.6 Å². The Balaban J connectivity index is 1.65. The molecule has 1 amide bonds. The average Bonchev–Trinajstić information content (AvgIpc) is 3.30. The number of thiazole rings is 1. The van der Waals surface area contributed by atoms with Crippen LogP contribution in [0.4, 0.5) is 0 Å². The lowest BCUT2D eigenvalue weighted by Gasteiger charge is -2.21. The summed E-state index contributed by atoms with van der Waals surface area (Å²) in [6.45, 7) is 3.72. The molecule has 0 aliphatic rings. The minimum absolute atomic E-state index is 0.0360. The molecule has 1 N–H and O–H groups in total. The molecule has 168 valence electrons. The quantitative estimate of drug-likeness (QED) is 0.485. The normalized spacial score (nSPS) is 11.7. The first-order valence-corrected chi connectivity index (χ1v) is 11.0. The average molecular weight is 455 g/mol. The molecule has 0 radical (unpaired) electrons. The number of hydrogen-bond acceptors (Lipinski definition) is 7. The number of hydrogen-bond donors (Lipinski definition) is 1. The van der Waals surface area contributed by atoms with Crippen molar-refractivity contribution in [2.24, 2.45) is 5.92 Å². The number of ether oxygens (including phenoxy) is 3. The second-order valence-corrected chi connectivity index (χ2v) is 8.27. The lowest BCUT2D eigenvalue weighted by Crippen LogP contribution is -2.45. The monoisotopic (exact) mass is 454 g/mol. The zero-order valence-corrected chi connectivity index (χ0v) is 19.3. The van der Waals surface area contributed by atoms with E-state index in [1.54, 1.807) is 18.2 Å². The Morgan fingerprint density at radius 3 is 2.28 bits per heavy atom. The number of benzene rings is 2. The van der Waals surface area contributed by atoms with Gasteiger partial charge in [0, 0.05) is 22.6 Å². The van der Waals surface area contributed by atoms with E-state index in [4.69, 9.17) is 14.2 Å². The molecule has 0 saturated carbocycles. The summed E-state index contributed by atoms with van der Waals surface area (Å²) in [5.41, 5.74) is 2.00. The van der Waals surface area contributed by atoms with Gasteiger partial charge in [0.15, 0.2) is 0 Å². The molecule has 1 aromatic heterocycles. The Morgan fingerprint density at radius 1 is 1.03 bits per heavy atom. The first kappa shape index (κ1) is 23.3. The molecule has 32 heavy (non-hydrogen) atoms. The molecule has 0 aliphatic heterocycles. The summed E-state index contributed by atoms with van der Waals surface area (Å²) in [6.07, 6.45) is 0. The van der Waals surface area contributed by atoms with E-state index < -0.39 is 17.9 Å². The van der Waals surface area contributed by atoms with Gasteiger partial charge in [0.2, 0.25) is 0 Å². The molecule has 0 saturated heterocycles. The van der Waals surface area contributed by atoms with E-state index >= 15 is 0 Å². The van der Waals surface area contributed by atoms with Crippen LogP contribution in [-0.2, 0) is 16.1 Å². The Bertz CT molecular complexity index is 1040. The number of esters is 1. The minimum Gasteiger partial charge on any atom is -0.497 e. The lowest BCUT2D eigenvalue weighted by atomic mass is 10.0. The number of aromatic nitrogens is 1. The number of methoxy groups -OCH3 is 2. The number of carbonyl (C=O) groups excluding carboxylic acids is 2. The van der Waals surface area contributed by atoms with Crippen LogP contribution in [0, 0.1) is 5.92 Å². The van der Waals surface area contributed by atoms with E-state index in [-0.39, 0.29) is 12.5 Å². The van der Waals surface area contributed by atoms with E-state index in [0.29, 0.717) is 22.8 Å². The number of nitrogens with one attached hydrogen (secondary N) is 1. The SMILES string of the molecule is COc1cc(OC)cc(C(=O)N[C@@H](C(=O)OCc2csc(-c3ccccc3)n2)C(C)C)c1. The number of carbonyl (C=O) groups is 2. The molecule has 0 aliphatic carbocycles. The summed E-state index contributed by atoms with van der Waals surface area (Å²) in [5.74, 6) is -0.142. The second kappa shape index (κ2) is 10.8. The van der Waals surface area contributed by atoms with Gasteiger partial charge in [0.05, 0.1) is 19.9 Å². The molecule has 1 heterocycles. The maximum atomic E-state index is 12.8. The highest BCUT2D eigenvalue weighted by Crippen LogP contribution is 2.24. The molecule has 0 fully saturated rings. The van der Waals surface area contributed by atoms with Crippen molar-refractivity contribution >= 4 is 23.2 Å². The highest BCUT2D eigenvalue weighted by molar-refractivity contribution is 7.13. The van der Waals surface area contributed by atoms with Gasteiger partial charge < -0.3 is 19.5 Å². The van der Waals surface area contributed by atoms with Crippen molar-refractivity contribution in [1.82, 2.24) is 10.3 Å². The topological polar surface area (TPSA) is 86.8 Å². The molecule has 7 nitrogen and oxygen atoms in total. The van der Waals surface area contributed by atoms with Crippen molar-refractivity contribution in [1.29, 1.82) is 0 Å². The Morgan fingerprint density at radius 2 is 1.69 bits per heavy atom. The molecule has 0 spiro atoms. The van der Waals surface area contributed by atoms with E-state index in [9.17, 15) is 9.59 Å². The molecular formula is C24H26N2O5S. The van der Waals surface area contributed by atoms with E-state index in [1.165, 1.54) is 25.6 Å². The standard InChI is InChI=1S/C24H26N2O5S/c1-15(2)21(26-22(27)17-10-19(29-3)12-20(11-17)30-4)24(28)31-13-18-14-32-23(25-18)16-8-6-5-7-9-16/h5-12,14-15,21H,13H2,1-4H3,(H,26,27)/t21-/m1/s1. The highest BCUT2D eigenvalue weighted by Gasteiger charge is 2.27. The summed E-state index contributed by atoms with van der Waals surface area (Å²) >= 11 is 1.49. The third-order valence-electron chi connectivity index (χ3n) is 4.76. The zero-order valence-electron chi connectivity index (χ0n) is 18.5. The van der Waals surface area contributed by atoms with Gasteiger partial charge in [-0.2, -0.15) is 0 Å². The Hall–Kier alpha value is -3.39. The summed E-state index contributed by atoms with van der Waals surface area (Å²) in [5, 5.41) is 5.48. The summed E-state index contributed by atoms with van der Waals surface area (Å²) in [6, 6.07) is 13.8. The third kappa shape index (κ3) is 5.85. The minimum atomic E-state index is -0.813.